The Bertz CT molecular complexity index is 456. The van der Waals surface area contributed by atoms with Gasteiger partial charge in [0.25, 0.3) is 0 Å². The predicted molar refractivity (Wildman–Crippen MR) is 81.4 cm³/mol. The molecule has 2 aliphatic heterocycles. The lowest BCUT2D eigenvalue weighted by Gasteiger charge is -2.45. The molecule has 0 N–H and O–H groups in total. The number of unbranched alkanes of at least 4 members (excludes halogenated alkanes) is 1. The maximum absolute atomic E-state index is 10.6. The molecule has 4 heteroatoms. The van der Waals surface area contributed by atoms with Gasteiger partial charge in [-0.3, -0.25) is 0 Å². The van der Waals surface area contributed by atoms with Crippen molar-refractivity contribution in [1.29, 1.82) is 0 Å². The molecule has 114 valence electrons. The van der Waals surface area contributed by atoms with Crippen LogP contribution in [-0.2, 0) is 14.3 Å². The Hall–Kier alpha value is -1.39. The highest BCUT2D eigenvalue weighted by atomic mass is 16.7. The van der Waals surface area contributed by atoms with Crippen LogP contribution in [0.25, 0.3) is 0 Å². The van der Waals surface area contributed by atoms with Gasteiger partial charge in [-0.1, -0.05) is 18.2 Å². The van der Waals surface area contributed by atoms with Crippen LogP contribution in [0.1, 0.15) is 32.1 Å². The maximum atomic E-state index is 10.6. The molecule has 3 rings (SSSR count). The van der Waals surface area contributed by atoms with Crippen LogP contribution in [0, 0.1) is 0 Å². The van der Waals surface area contributed by atoms with Crippen molar-refractivity contribution in [3.05, 3.63) is 30.3 Å². The van der Waals surface area contributed by atoms with Crippen molar-refractivity contribution in [2.75, 3.05) is 24.7 Å². The fraction of sp³-hybridized carbons (Fsp3) is 0.588. The average Bonchev–Trinajstić information content (AvgIpc) is 2.97. The van der Waals surface area contributed by atoms with E-state index < -0.39 is 0 Å². The van der Waals surface area contributed by atoms with Gasteiger partial charge >= 0.3 is 0 Å². The zero-order chi connectivity index (χ0) is 14.5. The van der Waals surface area contributed by atoms with Gasteiger partial charge in [0.2, 0.25) is 0 Å². The number of benzene rings is 1. The van der Waals surface area contributed by atoms with Crippen molar-refractivity contribution in [2.45, 2.75) is 43.9 Å². The molecular formula is C17H23NO3. The number of carbonyl (C=O) groups excluding carboxylic acids is 1. The summed E-state index contributed by atoms with van der Waals surface area (Å²) in [6.45, 7) is 2.34. The van der Waals surface area contributed by atoms with Gasteiger partial charge in [-0.2, -0.15) is 0 Å². The molecule has 2 fully saturated rings. The molecule has 1 unspecified atom stereocenters. The van der Waals surface area contributed by atoms with Crippen LogP contribution in [0.4, 0.5) is 5.69 Å². The fourth-order valence-corrected chi connectivity index (χ4v) is 3.46. The van der Waals surface area contributed by atoms with E-state index in [-0.39, 0.29) is 5.79 Å². The molecule has 4 nitrogen and oxygen atoms in total. The van der Waals surface area contributed by atoms with Crippen molar-refractivity contribution in [1.82, 2.24) is 0 Å². The quantitative estimate of drug-likeness (QED) is 0.617. The molecule has 2 saturated heterocycles. The number of para-hydroxylation sites is 1. The van der Waals surface area contributed by atoms with Crippen LogP contribution >= 0.6 is 0 Å². The maximum Gasteiger partial charge on any atom is 0.172 e. The summed E-state index contributed by atoms with van der Waals surface area (Å²) in [7, 11) is 0. The minimum atomic E-state index is -0.378. The third-order valence-electron chi connectivity index (χ3n) is 4.48. The predicted octanol–water partition coefficient (Wildman–Crippen LogP) is 2.77. The normalized spacial score (nSPS) is 24.4. The third kappa shape index (κ3) is 3.27. The highest BCUT2D eigenvalue weighted by molar-refractivity contribution is 5.49. The van der Waals surface area contributed by atoms with Gasteiger partial charge < -0.3 is 19.2 Å². The zero-order valence-electron chi connectivity index (χ0n) is 12.4. The lowest BCUT2D eigenvalue weighted by Crippen LogP contribution is -2.51. The Morgan fingerprint density at radius 3 is 2.71 bits per heavy atom. The topological polar surface area (TPSA) is 38.8 Å². The first-order valence-electron chi connectivity index (χ1n) is 7.86. The number of anilines is 1. The highest BCUT2D eigenvalue weighted by Crippen LogP contribution is 2.38. The zero-order valence-corrected chi connectivity index (χ0v) is 12.4. The van der Waals surface area contributed by atoms with Gasteiger partial charge in [0.1, 0.15) is 6.29 Å². The number of nitrogens with zero attached hydrogens (tertiary/aromatic N) is 1. The van der Waals surface area contributed by atoms with E-state index in [1.165, 1.54) is 5.69 Å². The molecule has 2 heterocycles. The summed E-state index contributed by atoms with van der Waals surface area (Å²) in [6, 6.07) is 10.9. The van der Waals surface area contributed by atoms with Crippen LogP contribution in [0.5, 0.6) is 0 Å². The lowest BCUT2D eigenvalue weighted by molar-refractivity contribution is -0.176. The van der Waals surface area contributed by atoms with Crippen molar-refractivity contribution in [3.8, 4) is 0 Å². The molecular weight excluding hydrogens is 266 g/mol. The summed E-state index contributed by atoms with van der Waals surface area (Å²) in [6.07, 6.45) is 5.37. The third-order valence-corrected chi connectivity index (χ3v) is 4.48. The first-order chi connectivity index (χ1) is 10.3. The Morgan fingerprint density at radius 1 is 1.24 bits per heavy atom. The van der Waals surface area contributed by atoms with E-state index in [9.17, 15) is 4.79 Å². The van der Waals surface area contributed by atoms with Crippen LogP contribution in [0.3, 0.4) is 0 Å². The molecule has 1 aromatic rings. The number of carbonyl (C=O) groups is 1. The molecule has 0 bridgehead atoms. The highest BCUT2D eigenvalue weighted by Gasteiger charge is 2.44. The molecule has 0 radical (unpaired) electrons. The molecule has 0 aliphatic carbocycles. The number of piperidine rings is 1. The molecule has 1 aromatic carbocycles. The van der Waals surface area contributed by atoms with Gasteiger partial charge in [-0.05, 0) is 25.0 Å². The number of ether oxygens (including phenoxy) is 2. The molecule has 0 aromatic heterocycles. The summed E-state index contributed by atoms with van der Waals surface area (Å²) >= 11 is 0. The van der Waals surface area contributed by atoms with Gasteiger partial charge in [0, 0.05) is 37.5 Å². The SMILES string of the molecule is O=CCCCC1CC2(CCN1c1ccccc1)OCCO2. The molecule has 1 atom stereocenters. The standard InChI is InChI=1S/C17H23NO3/c19-11-5-4-8-16-14-17(20-12-13-21-17)9-10-18(16)15-6-2-1-3-7-15/h1-3,6-7,11,16H,4-5,8-10,12-14H2. The second-order valence-corrected chi connectivity index (χ2v) is 5.84. The summed E-state index contributed by atoms with van der Waals surface area (Å²) in [5.74, 6) is -0.378. The molecule has 0 saturated carbocycles. The first-order valence-corrected chi connectivity index (χ1v) is 7.86. The summed E-state index contributed by atoms with van der Waals surface area (Å²) in [5.41, 5.74) is 1.25. The average molecular weight is 289 g/mol. The molecule has 21 heavy (non-hydrogen) atoms. The first kappa shape index (κ1) is 14.5. The molecule has 0 amide bonds. The fourth-order valence-electron chi connectivity index (χ4n) is 3.46. The number of rotatable bonds is 5. The van der Waals surface area contributed by atoms with Crippen LogP contribution in [0.2, 0.25) is 0 Å². The molecule has 1 spiro atoms. The van der Waals surface area contributed by atoms with E-state index in [0.29, 0.717) is 25.7 Å². The van der Waals surface area contributed by atoms with Gasteiger partial charge in [-0.15, -0.1) is 0 Å². The van der Waals surface area contributed by atoms with E-state index in [4.69, 9.17) is 9.47 Å². The Morgan fingerprint density at radius 2 is 2.00 bits per heavy atom. The molecule has 2 aliphatic rings. The lowest BCUT2D eigenvalue weighted by atomic mass is 9.91. The summed E-state index contributed by atoms with van der Waals surface area (Å²) in [4.78, 5) is 13.0. The van der Waals surface area contributed by atoms with Gasteiger partial charge in [0.15, 0.2) is 5.79 Å². The van der Waals surface area contributed by atoms with E-state index in [0.717, 1.165) is 38.5 Å². The summed E-state index contributed by atoms with van der Waals surface area (Å²) < 4.78 is 11.8. The van der Waals surface area contributed by atoms with Gasteiger partial charge in [0.05, 0.1) is 13.2 Å². The van der Waals surface area contributed by atoms with Crippen LogP contribution in [-0.4, -0.2) is 37.9 Å². The second-order valence-electron chi connectivity index (χ2n) is 5.84. The number of aldehydes is 1. The van der Waals surface area contributed by atoms with Gasteiger partial charge in [-0.25, -0.2) is 0 Å². The summed E-state index contributed by atoms with van der Waals surface area (Å²) in [5, 5.41) is 0. The minimum Gasteiger partial charge on any atom is -0.368 e. The Balaban J connectivity index is 1.73. The smallest absolute Gasteiger partial charge is 0.172 e. The van der Waals surface area contributed by atoms with Crippen molar-refractivity contribution >= 4 is 12.0 Å². The van der Waals surface area contributed by atoms with E-state index in [1.54, 1.807) is 0 Å². The van der Waals surface area contributed by atoms with E-state index in [2.05, 4.69) is 29.2 Å². The van der Waals surface area contributed by atoms with Crippen molar-refractivity contribution in [3.63, 3.8) is 0 Å². The Kier molecular flexibility index (Phi) is 4.56. The van der Waals surface area contributed by atoms with E-state index in [1.807, 2.05) is 6.07 Å². The second kappa shape index (κ2) is 6.58. The van der Waals surface area contributed by atoms with Crippen molar-refractivity contribution < 1.29 is 14.3 Å². The number of hydrogen-bond donors (Lipinski definition) is 0. The Labute approximate surface area is 126 Å². The largest absolute Gasteiger partial charge is 0.368 e. The monoisotopic (exact) mass is 289 g/mol. The van der Waals surface area contributed by atoms with Crippen LogP contribution < -0.4 is 4.90 Å². The van der Waals surface area contributed by atoms with Crippen LogP contribution in [0.15, 0.2) is 30.3 Å². The minimum absolute atomic E-state index is 0.374. The number of hydrogen-bond acceptors (Lipinski definition) is 4. The van der Waals surface area contributed by atoms with Crippen molar-refractivity contribution in [2.24, 2.45) is 0 Å². The van der Waals surface area contributed by atoms with E-state index >= 15 is 0 Å².